The van der Waals surface area contributed by atoms with E-state index >= 15 is 0 Å². The van der Waals surface area contributed by atoms with Gasteiger partial charge < -0.3 is 0 Å². The van der Waals surface area contributed by atoms with Crippen LogP contribution in [0.25, 0.3) is 0 Å². The van der Waals surface area contributed by atoms with Crippen molar-refractivity contribution < 1.29 is 4.39 Å². The van der Waals surface area contributed by atoms with Gasteiger partial charge in [0.2, 0.25) is 0 Å². The standard InChI is InChI=1S/C9H7BrFN3S/c10-8-3-7(11)2-1-6(8)4-15-9-12-5-13-14-9/h1-3,5H,4H2,(H,12,13,14). The predicted molar refractivity (Wildman–Crippen MR) is 60.0 cm³/mol. The summed E-state index contributed by atoms with van der Waals surface area (Å²) in [4.78, 5) is 3.99. The maximum absolute atomic E-state index is 12.8. The topological polar surface area (TPSA) is 41.6 Å². The molecule has 0 atom stereocenters. The fraction of sp³-hybridized carbons (Fsp3) is 0.111. The van der Waals surface area contributed by atoms with E-state index in [4.69, 9.17) is 0 Å². The third kappa shape index (κ3) is 2.79. The maximum Gasteiger partial charge on any atom is 0.183 e. The molecule has 0 amide bonds. The Morgan fingerprint density at radius 2 is 2.33 bits per heavy atom. The summed E-state index contributed by atoms with van der Waals surface area (Å²) in [5.74, 6) is 0.478. The van der Waals surface area contributed by atoms with E-state index in [9.17, 15) is 4.39 Å². The molecule has 2 aromatic rings. The molecule has 0 spiro atoms. The number of aromatic amines is 1. The van der Waals surface area contributed by atoms with Gasteiger partial charge in [0.05, 0.1) is 0 Å². The van der Waals surface area contributed by atoms with Gasteiger partial charge in [-0.25, -0.2) is 9.37 Å². The van der Waals surface area contributed by atoms with Gasteiger partial charge in [0, 0.05) is 10.2 Å². The summed E-state index contributed by atoms with van der Waals surface area (Å²) in [6.45, 7) is 0. The summed E-state index contributed by atoms with van der Waals surface area (Å²) in [6, 6.07) is 4.65. The molecule has 15 heavy (non-hydrogen) atoms. The lowest BCUT2D eigenvalue weighted by Gasteiger charge is -2.02. The van der Waals surface area contributed by atoms with Crippen molar-refractivity contribution in [2.75, 3.05) is 0 Å². The number of thioether (sulfide) groups is 1. The Labute approximate surface area is 98.6 Å². The van der Waals surface area contributed by atoms with Gasteiger partial charge in [-0.05, 0) is 17.7 Å². The van der Waals surface area contributed by atoms with Gasteiger partial charge in [-0.2, -0.15) is 5.10 Å². The monoisotopic (exact) mass is 287 g/mol. The minimum Gasteiger partial charge on any atom is -0.254 e. The lowest BCUT2D eigenvalue weighted by atomic mass is 10.2. The first kappa shape index (κ1) is 10.6. The molecule has 0 bridgehead atoms. The van der Waals surface area contributed by atoms with Crippen molar-refractivity contribution in [2.24, 2.45) is 0 Å². The van der Waals surface area contributed by atoms with Crippen molar-refractivity contribution in [3.63, 3.8) is 0 Å². The van der Waals surface area contributed by atoms with E-state index in [0.717, 1.165) is 20.9 Å². The first-order chi connectivity index (χ1) is 7.25. The van der Waals surface area contributed by atoms with Crippen molar-refractivity contribution in [2.45, 2.75) is 10.9 Å². The highest BCUT2D eigenvalue weighted by Crippen LogP contribution is 2.25. The van der Waals surface area contributed by atoms with E-state index < -0.39 is 0 Å². The van der Waals surface area contributed by atoms with Gasteiger partial charge in [0.1, 0.15) is 12.1 Å². The number of hydrogen-bond donors (Lipinski definition) is 1. The van der Waals surface area contributed by atoms with Gasteiger partial charge in [-0.15, -0.1) is 0 Å². The summed E-state index contributed by atoms with van der Waals surface area (Å²) in [5.41, 5.74) is 1.03. The molecule has 0 aliphatic rings. The highest BCUT2D eigenvalue weighted by Gasteiger charge is 2.03. The Morgan fingerprint density at radius 3 is 3.00 bits per heavy atom. The zero-order chi connectivity index (χ0) is 10.7. The minimum atomic E-state index is -0.240. The van der Waals surface area contributed by atoms with Crippen LogP contribution >= 0.6 is 27.7 Å². The Hall–Kier alpha value is -0.880. The van der Waals surface area contributed by atoms with Crippen LogP contribution in [-0.4, -0.2) is 15.2 Å². The Bertz CT molecular complexity index is 447. The molecular formula is C9H7BrFN3S. The first-order valence-electron chi connectivity index (χ1n) is 4.18. The molecule has 0 aliphatic heterocycles. The Kier molecular flexibility index (Phi) is 3.37. The van der Waals surface area contributed by atoms with Crippen LogP contribution in [0.3, 0.4) is 0 Å². The van der Waals surface area contributed by atoms with Crippen LogP contribution in [0.2, 0.25) is 0 Å². The smallest absolute Gasteiger partial charge is 0.183 e. The van der Waals surface area contributed by atoms with Gasteiger partial charge in [-0.1, -0.05) is 33.8 Å². The summed E-state index contributed by atoms with van der Waals surface area (Å²) >= 11 is 4.83. The zero-order valence-electron chi connectivity index (χ0n) is 7.58. The lowest BCUT2D eigenvalue weighted by Crippen LogP contribution is -1.85. The molecule has 0 radical (unpaired) electrons. The summed E-state index contributed by atoms with van der Waals surface area (Å²) in [7, 11) is 0. The van der Waals surface area contributed by atoms with Gasteiger partial charge >= 0.3 is 0 Å². The number of rotatable bonds is 3. The van der Waals surface area contributed by atoms with E-state index in [0.29, 0.717) is 0 Å². The molecule has 78 valence electrons. The van der Waals surface area contributed by atoms with E-state index in [1.54, 1.807) is 6.07 Å². The fourth-order valence-corrected chi connectivity index (χ4v) is 2.51. The third-order valence-electron chi connectivity index (χ3n) is 1.77. The molecule has 1 N–H and O–H groups in total. The van der Waals surface area contributed by atoms with Gasteiger partial charge in [0.25, 0.3) is 0 Å². The van der Waals surface area contributed by atoms with Crippen molar-refractivity contribution in [1.82, 2.24) is 15.2 Å². The predicted octanol–water partition coefficient (Wildman–Crippen LogP) is 3.00. The second kappa shape index (κ2) is 4.76. The van der Waals surface area contributed by atoms with Crippen molar-refractivity contribution in [3.8, 4) is 0 Å². The van der Waals surface area contributed by atoms with Crippen molar-refractivity contribution in [3.05, 3.63) is 40.4 Å². The SMILES string of the molecule is Fc1ccc(CSc2ncn[nH]2)c(Br)c1. The largest absolute Gasteiger partial charge is 0.254 e. The van der Waals surface area contributed by atoms with Crippen LogP contribution in [0.15, 0.2) is 34.2 Å². The second-order valence-corrected chi connectivity index (χ2v) is 4.63. The number of hydrogen-bond acceptors (Lipinski definition) is 3. The van der Waals surface area contributed by atoms with Crippen LogP contribution < -0.4 is 0 Å². The lowest BCUT2D eigenvalue weighted by molar-refractivity contribution is 0.626. The van der Waals surface area contributed by atoms with E-state index in [-0.39, 0.29) is 5.82 Å². The van der Waals surface area contributed by atoms with Crippen molar-refractivity contribution >= 4 is 27.7 Å². The fourth-order valence-electron chi connectivity index (χ4n) is 1.05. The molecule has 0 saturated heterocycles. The zero-order valence-corrected chi connectivity index (χ0v) is 9.98. The first-order valence-corrected chi connectivity index (χ1v) is 5.95. The second-order valence-electron chi connectivity index (χ2n) is 2.82. The highest BCUT2D eigenvalue weighted by molar-refractivity contribution is 9.10. The van der Waals surface area contributed by atoms with E-state index in [2.05, 4.69) is 31.1 Å². The quantitative estimate of drug-likeness (QED) is 0.883. The number of H-pyrrole nitrogens is 1. The van der Waals surface area contributed by atoms with Crippen LogP contribution in [0.4, 0.5) is 4.39 Å². The van der Waals surface area contributed by atoms with Crippen LogP contribution in [0.5, 0.6) is 0 Å². The van der Waals surface area contributed by atoms with Crippen molar-refractivity contribution in [1.29, 1.82) is 0 Å². The number of nitrogens with zero attached hydrogens (tertiary/aromatic N) is 2. The van der Waals surface area contributed by atoms with E-state index in [1.165, 1.54) is 30.2 Å². The van der Waals surface area contributed by atoms with E-state index in [1.807, 2.05) is 0 Å². The van der Waals surface area contributed by atoms with Crippen LogP contribution in [-0.2, 0) is 5.75 Å². The van der Waals surface area contributed by atoms with Crippen LogP contribution in [0, 0.1) is 5.82 Å². The molecule has 1 aromatic carbocycles. The molecule has 1 heterocycles. The van der Waals surface area contributed by atoms with Gasteiger partial charge in [0.15, 0.2) is 5.16 Å². The molecule has 6 heteroatoms. The Balaban J connectivity index is 2.05. The maximum atomic E-state index is 12.8. The molecule has 0 aliphatic carbocycles. The number of halogens is 2. The molecule has 1 aromatic heterocycles. The summed E-state index contributed by atoms with van der Waals surface area (Å²) in [5, 5.41) is 7.25. The number of benzene rings is 1. The third-order valence-corrected chi connectivity index (χ3v) is 3.44. The summed E-state index contributed by atoms with van der Waals surface area (Å²) in [6.07, 6.45) is 1.46. The number of aromatic nitrogens is 3. The average molecular weight is 288 g/mol. The molecule has 0 fully saturated rings. The normalized spacial score (nSPS) is 10.5. The average Bonchev–Trinajstić information content (AvgIpc) is 2.69. The minimum absolute atomic E-state index is 0.240. The van der Waals surface area contributed by atoms with Crippen LogP contribution in [0.1, 0.15) is 5.56 Å². The molecule has 0 unspecified atom stereocenters. The molecule has 2 rings (SSSR count). The Morgan fingerprint density at radius 1 is 1.47 bits per heavy atom. The highest BCUT2D eigenvalue weighted by atomic mass is 79.9. The number of nitrogens with one attached hydrogen (secondary N) is 1. The van der Waals surface area contributed by atoms with Gasteiger partial charge in [-0.3, -0.25) is 5.10 Å². The molecule has 0 saturated carbocycles. The molecule has 3 nitrogen and oxygen atoms in total. The molecular weight excluding hydrogens is 281 g/mol. The summed E-state index contributed by atoms with van der Waals surface area (Å²) < 4.78 is 13.6.